The van der Waals surface area contributed by atoms with E-state index < -0.39 is 0 Å². The monoisotopic (exact) mass is 302 g/mol. The Balaban J connectivity index is 2.33. The molecule has 0 heterocycles. The molecule has 21 heavy (non-hydrogen) atoms. The van der Waals surface area contributed by atoms with E-state index in [1.807, 2.05) is 18.2 Å². The van der Waals surface area contributed by atoms with Crippen LogP contribution in [0.4, 0.5) is 5.69 Å². The number of nitrogens with zero attached hydrogens (tertiary/aromatic N) is 1. The number of nitrogens with one attached hydrogen (secondary N) is 1. The van der Waals surface area contributed by atoms with Crippen LogP contribution in [0, 0.1) is 17.0 Å². The highest BCUT2D eigenvalue weighted by Crippen LogP contribution is 2.36. The summed E-state index contributed by atoms with van der Waals surface area (Å²) in [5, 5.41) is 14.4. The van der Waals surface area contributed by atoms with Gasteiger partial charge in [0, 0.05) is 17.5 Å². The molecule has 1 N–H and O–H groups in total. The molecule has 0 spiro atoms. The van der Waals surface area contributed by atoms with Gasteiger partial charge < -0.3 is 5.32 Å². The molecule has 0 aliphatic heterocycles. The predicted molar refractivity (Wildman–Crippen MR) is 85.8 cm³/mol. The van der Waals surface area contributed by atoms with Crippen molar-refractivity contribution >= 4 is 17.4 Å². The molecule has 0 unspecified atom stereocenters. The summed E-state index contributed by atoms with van der Waals surface area (Å²) in [5.41, 5.74) is 2.51. The predicted octanol–water partition coefficient (Wildman–Crippen LogP) is 4.16. The third-order valence-corrected chi connectivity index (χ3v) is 4.25. The first-order valence-corrected chi connectivity index (χ1v) is 7.65. The van der Waals surface area contributed by atoms with E-state index in [2.05, 4.69) is 25.2 Å². The van der Waals surface area contributed by atoms with E-state index in [4.69, 9.17) is 0 Å². The summed E-state index contributed by atoms with van der Waals surface area (Å²) in [6.07, 6.45) is 0. The number of rotatable bonds is 6. The van der Waals surface area contributed by atoms with Crippen molar-refractivity contribution in [2.24, 2.45) is 0 Å². The van der Waals surface area contributed by atoms with Gasteiger partial charge in [0.15, 0.2) is 0 Å². The highest BCUT2D eigenvalue weighted by molar-refractivity contribution is 7.99. The van der Waals surface area contributed by atoms with Gasteiger partial charge in [-0.2, -0.15) is 0 Å². The molecule has 2 rings (SSSR count). The molecule has 110 valence electrons. The van der Waals surface area contributed by atoms with Crippen molar-refractivity contribution in [1.29, 1.82) is 0 Å². The first-order chi connectivity index (χ1) is 10.1. The third-order valence-electron chi connectivity index (χ3n) is 3.06. The van der Waals surface area contributed by atoms with E-state index in [0.717, 1.165) is 18.0 Å². The van der Waals surface area contributed by atoms with Gasteiger partial charge in [-0.15, -0.1) is 0 Å². The van der Waals surface area contributed by atoms with Crippen LogP contribution in [0.5, 0.6) is 0 Å². The number of hydrogen-bond acceptors (Lipinski definition) is 4. The number of aryl methyl sites for hydroxylation is 1. The van der Waals surface area contributed by atoms with Crippen LogP contribution in [0.2, 0.25) is 0 Å². The van der Waals surface area contributed by atoms with Crippen LogP contribution in [-0.4, -0.2) is 11.5 Å². The number of nitro groups is 1. The van der Waals surface area contributed by atoms with Crippen molar-refractivity contribution < 1.29 is 4.92 Å². The minimum absolute atomic E-state index is 0.150. The summed E-state index contributed by atoms with van der Waals surface area (Å²) in [6, 6.07) is 13.0. The van der Waals surface area contributed by atoms with Crippen molar-refractivity contribution in [3.8, 4) is 0 Å². The first-order valence-electron chi connectivity index (χ1n) is 6.83. The van der Waals surface area contributed by atoms with Gasteiger partial charge in [-0.25, -0.2) is 0 Å². The van der Waals surface area contributed by atoms with Gasteiger partial charge in [-0.1, -0.05) is 48.5 Å². The number of nitro benzene ring substituents is 1. The fourth-order valence-corrected chi connectivity index (χ4v) is 3.05. The molecule has 0 bridgehead atoms. The van der Waals surface area contributed by atoms with Crippen molar-refractivity contribution in [2.45, 2.75) is 30.2 Å². The molecule has 0 aromatic heterocycles. The molecule has 4 nitrogen and oxygen atoms in total. The van der Waals surface area contributed by atoms with Crippen LogP contribution in [0.15, 0.2) is 52.3 Å². The lowest BCUT2D eigenvalue weighted by atomic mass is 10.1. The maximum atomic E-state index is 11.1. The van der Waals surface area contributed by atoms with Crippen LogP contribution in [0.3, 0.4) is 0 Å². The average molecular weight is 302 g/mol. The first kappa shape index (κ1) is 15.5. The summed E-state index contributed by atoms with van der Waals surface area (Å²) in [5.74, 6) is 0. The van der Waals surface area contributed by atoms with Crippen LogP contribution < -0.4 is 5.32 Å². The van der Waals surface area contributed by atoms with E-state index >= 15 is 0 Å². The second-order valence-corrected chi connectivity index (χ2v) is 5.80. The molecule has 0 aliphatic rings. The van der Waals surface area contributed by atoms with Gasteiger partial charge in [-0.3, -0.25) is 10.1 Å². The summed E-state index contributed by atoms with van der Waals surface area (Å²) in [6.45, 7) is 5.77. The lowest BCUT2D eigenvalue weighted by molar-refractivity contribution is -0.387. The van der Waals surface area contributed by atoms with Crippen LogP contribution in [0.25, 0.3) is 0 Å². The quantitative estimate of drug-likeness (QED) is 0.643. The number of benzene rings is 2. The van der Waals surface area contributed by atoms with Gasteiger partial charge in [0.25, 0.3) is 5.69 Å². The molecule has 2 aromatic carbocycles. The maximum absolute atomic E-state index is 11.1. The number of para-hydroxylation sites is 1. The van der Waals surface area contributed by atoms with Gasteiger partial charge in [0.05, 0.1) is 9.82 Å². The van der Waals surface area contributed by atoms with Crippen molar-refractivity contribution in [2.75, 3.05) is 6.54 Å². The van der Waals surface area contributed by atoms with Gasteiger partial charge in [-0.05, 0) is 31.2 Å². The largest absolute Gasteiger partial charge is 0.313 e. The molecular formula is C16H18N2O2S. The molecule has 0 radical (unpaired) electrons. The minimum atomic E-state index is -0.333. The molecule has 0 atom stereocenters. The molecule has 2 aromatic rings. The molecule has 0 fully saturated rings. The van der Waals surface area contributed by atoms with E-state index in [9.17, 15) is 10.1 Å². The minimum Gasteiger partial charge on any atom is -0.313 e. The Kier molecular flexibility index (Phi) is 5.36. The third kappa shape index (κ3) is 4.06. The fourth-order valence-electron chi connectivity index (χ4n) is 2.02. The van der Waals surface area contributed by atoms with Crippen LogP contribution in [-0.2, 0) is 6.54 Å². The Hall–Kier alpha value is -1.85. The standard InChI is InChI=1S/C16H18N2O2S/c1-3-17-11-13-10-12(2)8-9-15(13)21-16-7-5-4-6-14(16)18(19)20/h4-10,17H,3,11H2,1-2H3. The second-order valence-electron chi connectivity index (χ2n) is 4.72. The van der Waals surface area contributed by atoms with Gasteiger partial charge in [0.1, 0.15) is 0 Å². The van der Waals surface area contributed by atoms with Crippen molar-refractivity contribution in [3.63, 3.8) is 0 Å². The molecule has 5 heteroatoms. The van der Waals surface area contributed by atoms with E-state index in [0.29, 0.717) is 4.90 Å². The summed E-state index contributed by atoms with van der Waals surface area (Å²) in [4.78, 5) is 12.5. The Morgan fingerprint density at radius 1 is 1.19 bits per heavy atom. The molecular weight excluding hydrogens is 284 g/mol. The smallest absolute Gasteiger partial charge is 0.283 e. The Morgan fingerprint density at radius 2 is 1.95 bits per heavy atom. The average Bonchev–Trinajstić information content (AvgIpc) is 2.47. The topological polar surface area (TPSA) is 55.2 Å². The Labute approximate surface area is 128 Å². The Morgan fingerprint density at radius 3 is 2.67 bits per heavy atom. The summed E-state index contributed by atoms with van der Waals surface area (Å²) < 4.78 is 0. The number of hydrogen-bond donors (Lipinski definition) is 1. The van der Waals surface area contributed by atoms with Crippen LogP contribution in [0.1, 0.15) is 18.1 Å². The van der Waals surface area contributed by atoms with Gasteiger partial charge >= 0.3 is 0 Å². The zero-order valence-corrected chi connectivity index (χ0v) is 12.9. The highest BCUT2D eigenvalue weighted by atomic mass is 32.2. The summed E-state index contributed by atoms with van der Waals surface area (Å²) >= 11 is 1.45. The zero-order chi connectivity index (χ0) is 15.2. The molecule has 0 saturated carbocycles. The lowest BCUT2D eigenvalue weighted by Gasteiger charge is -2.11. The Bertz CT molecular complexity index is 644. The van der Waals surface area contributed by atoms with Crippen molar-refractivity contribution in [1.82, 2.24) is 5.32 Å². The van der Waals surface area contributed by atoms with E-state index in [1.165, 1.54) is 22.9 Å². The van der Waals surface area contributed by atoms with E-state index in [1.54, 1.807) is 18.2 Å². The van der Waals surface area contributed by atoms with Crippen molar-refractivity contribution in [3.05, 3.63) is 63.7 Å². The molecule has 0 aliphatic carbocycles. The highest BCUT2D eigenvalue weighted by Gasteiger charge is 2.15. The fraction of sp³-hybridized carbons (Fsp3) is 0.250. The lowest BCUT2D eigenvalue weighted by Crippen LogP contribution is -2.12. The second kappa shape index (κ2) is 7.24. The zero-order valence-electron chi connectivity index (χ0n) is 12.1. The maximum Gasteiger partial charge on any atom is 0.283 e. The molecule has 0 saturated heterocycles. The molecule has 0 amide bonds. The summed E-state index contributed by atoms with van der Waals surface area (Å²) in [7, 11) is 0. The van der Waals surface area contributed by atoms with Crippen LogP contribution >= 0.6 is 11.8 Å². The normalized spacial score (nSPS) is 10.6. The SMILES string of the molecule is CCNCc1cc(C)ccc1Sc1ccccc1[N+](=O)[O-]. The van der Waals surface area contributed by atoms with E-state index in [-0.39, 0.29) is 10.6 Å². The van der Waals surface area contributed by atoms with Gasteiger partial charge in [0.2, 0.25) is 0 Å².